The van der Waals surface area contributed by atoms with Crippen LogP contribution in [-0.2, 0) is 0 Å². The Balaban J connectivity index is 1.51. The van der Waals surface area contributed by atoms with E-state index in [4.69, 9.17) is 11.6 Å². The van der Waals surface area contributed by atoms with Crippen molar-refractivity contribution in [3.63, 3.8) is 0 Å². The van der Waals surface area contributed by atoms with Crippen LogP contribution >= 0.6 is 11.6 Å². The average Bonchev–Trinajstić information content (AvgIpc) is 3.23. The van der Waals surface area contributed by atoms with Gasteiger partial charge in [-0.2, -0.15) is 5.10 Å². The normalized spacial score (nSPS) is 20.1. The van der Waals surface area contributed by atoms with Crippen molar-refractivity contribution in [2.75, 3.05) is 44.7 Å². The third-order valence-corrected chi connectivity index (χ3v) is 6.75. The average molecular weight is 428 g/mol. The molecular formula is C23H30ClN5O. The zero-order valence-electron chi connectivity index (χ0n) is 17.8. The summed E-state index contributed by atoms with van der Waals surface area (Å²) in [4.78, 5) is 8.91. The number of nitrogens with zero attached hydrogens (tertiary/aromatic N) is 5. The Bertz CT molecular complexity index is 931. The van der Waals surface area contributed by atoms with Crippen LogP contribution in [0.1, 0.15) is 49.8 Å². The first-order valence-corrected chi connectivity index (χ1v) is 11.1. The van der Waals surface area contributed by atoms with Crippen LogP contribution in [0, 0.1) is 17.3 Å². The number of likely N-dealkylation sites (tertiary alicyclic amines) is 1. The lowest BCUT2D eigenvalue weighted by Gasteiger charge is -2.39. The van der Waals surface area contributed by atoms with Crippen LogP contribution in [0.3, 0.4) is 0 Å². The Morgan fingerprint density at radius 3 is 2.60 bits per heavy atom. The summed E-state index contributed by atoms with van der Waals surface area (Å²) >= 11 is 6.19. The van der Waals surface area contributed by atoms with E-state index in [0.29, 0.717) is 11.2 Å². The minimum Gasteiger partial charge on any atom is -0.396 e. The summed E-state index contributed by atoms with van der Waals surface area (Å²) in [6.45, 7) is 6.34. The van der Waals surface area contributed by atoms with Gasteiger partial charge in [-0.1, -0.05) is 30.4 Å². The van der Waals surface area contributed by atoms with Gasteiger partial charge in [0, 0.05) is 38.2 Å². The number of hydrogen-bond donors (Lipinski definition) is 1. The second-order valence-electron chi connectivity index (χ2n) is 8.97. The van der Waals surface area contributed by atoms with Crippen molar-refractivity contribution in [1.29, 1.82) is 0 Å². The Kier molecular flexibility index (Phi) is 6.33. The Morgan fingerprint density at radius 1 is 1.17 bits per heavy atom. The highest BCUT2D eigenvalue weighted by Gasteiger charge is 2.30. The molecule has 0 aliphatic carbocycles. The summed E-state index contributed by atoms with van der Waals surface area (Å²) in [6, 6.07) is 2.36. The van der Waals surface area contributed by atoms with Gasteiger partial charge in [0.05, 0.1) is 29.1 Å². The lowest BCUT2D eigenvalue weighted by molar-refractivity contribution is 0.115. The molecule has 2 fully saturated rings. The number of aliphatic hydroxyl groups excluding tert-OH is 1. The van der Waals surface area contributed by atoms with Crippen molar-refractivity contribution >= 4 is 17.3 Å². The predicted octanol–water partition coefficient (Wildman–Crippen LogP) is 3.20. The Labute approximate surface area is 183 Å². The zero-order chi connectivity index (χ0) is 21.1. The first-order valence-electron chi connectivity index (χ1n) is 10.7. The van der Waals surface area contributed by atoms with Crippen LogP contribution in [0.25, 0.3) is 0 Å². The fourth-order valence-corrected chi connectivity index (χ4v) is 4.38. The molecule has 0 aromatic carbocycles. The molecule has 7 heteroatoms. The van der Waals surface area contributed by atoms with Gasteiger partial charge in [0.25, 0.3) is 0 Å². The largest absolute Gasteiger partial charge is 0.396 e. The highest BCUT2D eigenvalue weighted by atomic mass is 35.5. The van der Waals surface area contributed by atoms with Crippen molar-refractivity contribution in [1.82, 2.24) is 19.7 Å². The summed E-state index contributed by atoms with van der Waals surface area (Å²) in [6.07, 6.45) is 9.79. The molecule has 2 aliphatic heterocycles. The van der Waals surface area contributed by atoms with Crippen LogP contribution in [0.15, 0.2) is 24.7 Å². The number of aliphatic hydroxyl groups is 1. The smallest absolute Gasteiger partial charge is 0.131 e. The van der Waals surface area contributed by atoms with Crippen molar-refractivity contribution in [3.8, 4) is 11.8 Å². The molecule has 2 aromatic rings. The first kappa shape index (κ1) is 21.2. The molecule has 6 nitrogen and oxygen atoms in total. The van der Waals surface area contributed by atoms with Crippen LogP contribution in [-0.4, -0.2) is 64.6 Å². The van der Waals surface area contributed by atoms with Crippen molar-refractivity contribution < 1.29 is 5.11 Å². The van der Waals surface area contributed by atoms with Crippen LogP contribution in [0.5, 0.6) is 0 Å². The van der Waals surface area contributed by atoms with Crippen LogP contribution in [0.4, 0.5) is 5.69 Å². The number of halogens is 1. The van der Waals surface area contributed by atoms with Gasteiger partial charge in [0.15, 0.2) is 0 Å². The SMILES string of the molecule is CN1CCC(n2cc(C#Cc3cnc(Cl)cc3N3CCC(C)(CO)CC3)cn2)CC1. The monoisotopic (exact) mass is 427 g/mol. The molecule has 0 spiro atoms. The molecule has 4 rings (SSSR count). The van der Waals surface area contributed by atoms with E-state index < -0.39 is 0 Å². The fourth-order valence-electron chi connectivity index (χ4n) is 4.22. The number of piperidine rings is 2. The van der Waals surface area contributed by atoms with Gasteiger partial charge in [0.2, 0.25) is 0 Å². The molecule has 0 saturated carbocycles. The van der Waals surface area contributed by atoms with Crippen LogP contribution < -0.4 is 4.90 Å². The van der Waals surface area contributed by atoms with Gasteiger partial charge in [-0.25, -0.2) is 4.98 Å². The maximum Gasteiger partial charge on any atom is 0.131 e. The summed E-state index contributed by atoms with van der Waals surface area (Å²) < 4.78 is 2.07. The minimum absolute atomic E-state index is 0.00166. The van der Waals surface area contributed by atoms with Crippen LogP contribution in [0.2, 0.25) is 5.15 Å². The molecule has 0 unspecified atom stereocenters. The van der Waals surface area contributed by atoms with E-state index in [2.05, 4.69) is 56.6 Å². The fraction of sp³-hybridized carbons (Fsp3) is 0.565. The molecule has 0 atom stereocenters. The number of aromatic nitrogens is 3. The molecule has 0 bridgehead atoms. The number of anilines is 1. The summed E-state index contributed by atoms with van der Waals surface area (Å²) in [7, 11) is 2.17. The molecule has 2 aromatic heterocycles. The predicted molar refractivity (Wildman–Crippen MR) is 120 cm³/mol. The third-order valence-electron chi connectivity index (χ3n) is 6.55. The number of pyridine rings is 1. The molecule has 4 heterocycles. The Hall–Kier alpha value is -2.07. The van der Waals surface area contributed by atoms with E-state index in [0.717, 1.165) is 68.7 Å². The minimum atomic E-state index is 0.00166. The maximum absolute atomic E-state index is 9.64. The van der Waals surface area contributed by atoms with Gasteiger partial charge >= 0.3 is 0 Å². The Morgan fingerprint density at radius 2 is 1.90 bits per heavy atom. The quantitative estimate of drug-likeness (QED) is 0.602. The van der Waals surface area contributed by atoms with Crippen molar-refractivity contribution in [2.45, 2.75) is 38.6 Å². The van der Waals surface area contributed by atoms with Gasteiger partial charge in [0.1, 0.15) is 5.15 Å². The zero-order valence-corrected chi connectivity index (χ0v) is 18.6. The summed E-state index contributed by atoms with van der Waals surface area (Å²) in [5.41, 5.74) is 2.81. The molecule has 0 radical (unpaired) electrons. The molecule has 160 valence electrons. The maximum atomic E-state index is 9.64. The van der Waals surface area contributed by atoms with E-state index in [1.54, 1.807) is 6.20 Å². The number of rotatable bonds is 3. The topological polar surface area (TPSA) is 57.4 Å². The second-order valence-corrected chi connectivity index (χ2v) is 9.36. The van der Waals surface area contributed by atoms with Gasteiger partial charge in [-0.3, -0.25) is 4.68 Å². The van der Waals surface area contributed by atoms with Crippen molar-refractivity contribution in [2.24, 2.45) is 5.41 Å². The van der Waals surface area contributed by atoms with Gasteiger partial charge < -0.3 is 14.9 Å². The van der Waals surface area contributed by atoms with E-state index in [-0.39, 0.29) is 12.0 Å². The van der Waals surface area contributed by atoms with Gasteiger partial charge in [-0.15, -0.1) is 0 Å². The van der Waals surface area contributed by atoms with Crippen molar-refractivity contribution in [3.05, 3.63) is 40.9 Å². The third kappa shape index (κ3) is 4.80. The van der Waals surface area contributed by atoms with E-state index in [1.807, 2.05) is 12.3 Å². The van der Waals surface area contributed by atoms with E-state index in [9.17, 15) is 5.11 Å². The lowest BCUT2D eigenvalue weighted by atomic mass is 9.81. The molecule has 30 heavy (non-hydrogen) atoms. The first-order chi connectivity index (χ1) is 14.5. The van der Waals surface area contributed by atoms with E-state index in [1.165, 1.54) is 0 Å². The highest BCUT2D eigenvalue weighted by Crippen LogP contribution is 2.34. The molecule has 0 amide bonds. The highest BCUT2D eigenvalue weighted by molar-refractivity contribution is 6.29. The molecular weight excluding hydrogens is 398 g/mol. The lowest BCUT2D eigenvalue weighted by Crippen LogP contribution is -2.40. The molecule has 2 aliphatic rings. The summed E-state index contributed by atoms with van der Waals surface area (Å²) in [5, 5.41) is 14.7. The van der Waals surface area contributed by atoms with Gasteiger partial charge in [-0.05, 0) is 51.2 Å². The van der Waals surface area contributed by atoms with E-state index >= 15 is 0 Å². The standard InChI is InChI=1S/C23H30ClN5O/c1-23(17-30)7-11-28(12-8-23)21-13-22(24)25-15-19(21)4-3-18-14-26-29(16-18)20-5-9-27(2)10-6-20/h13-16,20,30H,5-12,17H2,1-2H3. The summed E-state index contributed by atoms with van der Waals surface area (Å²) in [5.74, 6) is 6.55. The molecule has 1 N–H and O–H groups in total. The molecule has 2 saturated heterocycles. The second kappa shape index (κ2) is 8.97. The number of hydrogen-bond acceptors (Lipinski definition) is 5.